The second-order valence-corrected chi connectivity index (χ2v) is 5.26. The molecule has 1 heterocycles. The molecule has 1 aliphatic heterocycles. The Morgan fingerprint density at radius 3 is 2.67 bits per heavy atom. The topological polar surface area (TPSA) is 41.1 Å². The lowest BCUT2D eigenvalue weighted by Gasteiger charge is -2.22. The Morgan fingerprint density at radius 2 is 2.11 bits per heavy atom. The first kappa shape index (κ1) is 15.0. The van der Waals surface area contributed by atoms with Crippen LogP contribution in [0.15, 0.2) is 18.2 Å². The van der Waals surface area contributed by atoms with Gasteiger partial charge >= 0.3 is 0 Å². The fourth-order valence-electron chi connectivity index (χ4n) is 2.24. The summed E-state index contributed by atoms with van der Waals surface area (Å²) in [6.45, 7) is 7.80. The number of benzene rings is 1. The highest BCUT2D eigenvalue weighted by atomic mass is 35.5. The molecule has 2 N–H and O–H groups in total. The number of aryl methyl sites for hydroxylation is 2. The number of nitrogens with one attached hydrogen (secondary N) is 2. The van der Waals surface area contributed by atoms with Crippen molar-refractivity contribution in [3.8, 4) is 0 Å². The van der Waals surface area contributed by atoms with Crippen molar-refractivity contribution in [2.45, 2.75) is 27.2 Å². The second kappa shape index (κ2) is 5.72. The van der Waals surface area contributed by atoms with E-state index in [2.05, 4.69) is 23.6 Å². The lowest BCUT2D eigenvalue weighted by Crippen LogP contribution is -2.35. The van der Waals surface area contributed by atoms with Gasteiger partial charge in [-0.3, -0.25) is 4.79 Å². The van der Waals surface area contributed by atoms with Gasteiger partial charge in [-0.2, -0.15) is 0 Å². The lowest BCUT2D eigenvalue weighted by molar-refractivity contribution is -0.123. The van der Waals surface area contributed by atoms with E-state index in [9.17, 15) is 4.79 Å². The van der Waals surface area contributed by atoms with E-state index in [1.807, 2.05) is 26.0 Å². The van der Waals surface area contributed by atoms with Gasteiger partial charge in [0.25, 0.3) is 0 Å². The molecule has 1 unspecified atom stereocenters. The Bertz CT molecular complexity index is 439. The zero-order chi connectivity index (χ0) is 12.5. The van der Waals surface area contributed by atoms with Crippen LogP contribution in [0.3, 0.4) is 0 Å². The van der Waals surface area contributed by atoms with Crippen LogP contribution in [0.2, 0.25) is 0 Å². The molecule has 3 nitrogen and oxygen atoms in total. The van der Waals surface area contributed by atoms with Crippen LogP contribution in [-0.2, 0) is 4.79 Å². The van der Waals surface area contributed by atoms with Crippen molar-refractivity contribution in [1.29, 1.82) is 0 Å². The highest BCUT2D eigenvalue weighted by Crippen LogP contribution is 2.27. The molecule has 100 valence electrons. The molecule has 0 spiro atoms. The van der Waals surface area contributed by atoms with Gasteiger partial charge in [-0.05, 0) is 45.4 Å². The van der Waals surface area contributed by atoms with E-state index in [1.54, 1.807) is 0 Å². The fourth-order valence-corrected chi connectivity index (χ4v) is 2.24. The molecule has 0 bridgehead atoms. The summed E-state index contributed by atoms with van der Waals surface area (Å²) in [6.07, 6.45) is 0.906. The molecular weight excluding hydrogens is 248 g/mol. The molecule has 4 heteroatoms. The third kappa shape index (κ3) is 3.03. The predicted octanol–water partition coefficient (Wildman–Crippen LogP) is 2.66. The van der Waals surface area contributed by atoms with E-state index >= 15 is 0 Å². The van der Waals surface area contributed by atoms with Crippen molar-refractivity contribution in [3.63, 3.8) is 0 Å². The van der Waals surface area contributed by atoms with Gasteiger partial charge in [0.2, 0.25) is 5.91 Å². The SMILES string of the molecule is Cc1ccc(NC(=O)C2(C)CCNC2)c(C)c1.Cl. The molecule has 0 aliphatic carbocycles. The van der Waals surface area contributed by atoms with Crippen molar-refractivity contribution < 1.29 is 4.79 Å². The van der Waals surface area contributed by atoms with Crippen LogP contribution >= 0.6 is 12.4 Å². The highest BCUT2D eigenvalue weighted by molar-refractivity contribution is 5.96. The molecule has 1 aromatic carbocycles. The second-order valence-electron chi connectivity index (χ2n) is 5.26. The molecule has 18 heavy (non-hydrogen) atoms. The van der Waals surface area contributed by atoms with Gasteiger partial charge in [0, 0.05) is 12.2 Å². The Balaban J connectivity index is 0.00000162. The third-order valence-electron chi connectivity index (χ3n) is 3.55. The first-order valence-electron chi connectivity index (χ1n) is 6.11. The van der Waals surface area contributed by atoms with Gasteiger partial charge in [0.15, 0.2) is 0 Å². The first-order valence-corrected chi connectivity index (χ1v) is 6.11. The molecule has 1 amide bonds. The van der Waals surface area contributed by atoms with Crippen molar-refractivity contribution in [3.05, 3.63) is 29.3 Å². The van der Waals surface area contributed by atoms with Crippen LogP contribution in [0.1, 0.15) is 24.5 Å². The Morgan fingerprint density at radius 1 is 1.39 bits per heavy atom. The predicted molar refractivity (Wildman–Crippen MR) is 77.4 cm³/mol. The maximum absolute atomic E-state index is 12.2. The largest absolute Gasteiger partial charge is 0.325 e. The van der Waals surface area contributed by atoms with E-state index < -0.39 is 0 Å². The van der Waals surface area contributed by atoms with Crippen LogP contribution in [-0.4, -0.2) is 19.0 Å². The Labute approximate surface area is 115 Å². The maximum Gasteiger partial charge on any atom is 0.231 e. The molecule has 1 saturated heterocycles. The van der Waals surface area contributed by atoms with E-state index in [0.29, 0.717) is 0 Å². The minimum Gasteiger partial charge on any atom is -0.325 e. The average molecular weight is 269 g/mol. The molecule has 0 aromatic heterocycles. The standard InChI is InChI=1S/C14H20N2O.ClH/c1-10-4-5-12(11(2)8-10)16-13(17)14(3)6-7-15-9-14;/h4-5,8,15H,6-7,9H2,1-3H3,(H,16,17);1H. The molecule has 2 rings (SSSR count). The van der Waals surface area contributed by atoms with E-state index in [1.165, 1.54) is 5.56 Å². The Kier molecular flexibility index (Phi) is 4.77. The fraction of sp³-hybridized carbons (Fsp3) is 0.500. The number of rotatable bonds is 2. The van der Waals surface area contributed by atoms with Crippen LogP contribution in [0.25, 0.3) is 0 Å². The monoisotopic (exact) mass is 268 g/mol. The minimum absolute atomic E-state index is 0. The molecule has 1 fully saturated rings. The summed E-state index contributed by atoms with van der Waals surface area (Å²) >= 11 is 0. The van der Waals surface area contributed by atoms with Gasteiger partial charge in [-0.1, -0.05) is 17.7 Å². The lowest BCUT2D eigenvalue weighted by atomic mass is 9.88. The zero-order valence-corrected chi connectivity index (χ0v) is 12.0. The number of anilines is 1. The van der Waals surface area contributed by atoms with Gasteiger partial charge in [-0.25, -0.2) is 0 Å². The molecular formula is C14H21ClN2O. The van der Waals surface area contributed by atoms with Gasteiger partial charge in [-0.15, -0.1) is 12.4 Å². The summed E-state index contributed by atoms with van der Waals surface area (Å²) in [7, 11) is 0. The smallest absolute Gasteiger partial charge is 0.231 e. The van der Waals surface area contributed by atoms with E-state index in [4.69, 9.17) is 0 Å². The third-order valence-corrected chi connectivity index (χ3v) is 3.55. The van der Waals surface area contributed by atoms with Crippen molar-refractivity contribution in [2.75, 3.05) is 18.4 Å². The zero-order valence-electron chi connectivity index (χ0n) is 11.2. The summed E-state index contributed by atoms with van der Waals surface area (Å²) in [5, 5.41) is 6.28. The summed E-state index contributed by atoms with van der Waals surface area (Å²) in [5.74, 6) is 0.120. The van der Waals surface area contributed by atoms with Gasteiger partial charge in [0.05, 0.1) is 5.41 Å². The number of carbonyl (C=O) groups is 1. The van der Waals surface area contributed by atoms with Gasteiger partial charge in [0.1, 0.15) is 0 Å². The minimum atomic E-state index is -0.267. The number of halogens is 1. The van der Waals surface area contributed by atoms with Crippen molar-refractivity contribution >= 4 is 24.0 Å². The summed E-state index contributed by atoms with van der Waals surface area (Å²) in [6, 6.07) is 6.09. The summed E-state index contributed by atoms with van der Waals surface area (Å²) < 4.78 is 0. The van der Waals surface area contributed by atoms with Crippen LogP contribution < -0.4 is 10.6 Å². The molecule has 0 radical (unpaired) electrons. The van der Waals surface area contributed by atoms with Crippen LogP contribution in [0, 0.1) is 19.3 Å². The first-order chi connectivity index (χ1) is 8.01. The number of hydrogen-bond acceptors (Lipinski definition) is 2. The average Bonchev–Trinajstić information content (AvgIpc) is 2.71. The van der Waals surface area contributed by atoms with Crippen LogP contribution in [0.5, 0.6) is 0 Å². The Hall–Kier alpha value is -1.06. The summed E-state index contributed by atoms with van der Waals surface area (Å²) in [5.41, 5.74) is 2.99. The molecule has 1 aromatic rings. The van der Waals surface area contributed by atoms with Crippen molar-refractivity contribution in [1.82, 2.24) is 5.32 Å². The molecule has 0 saturated carbocycles. The van der Waals surface area contributed by atoms with E-state index in [0.717, 1.165) is 30.8 Å². The van der Waals surface area contributed by atoms with Crippen molar-refractivity contribution in [2.24, 2.45) is 5.41 Å². The quantitative estimate of drug-likeness (QED) is 0.866. The normalized spacial score (nSPS) is 22.4. The van der Waals surface area contributed by atoms with Gasteiger partial charge < -0.3 is 10.6 Å². The number of hydrogen-bond donors (Lipinski definition) is 2. The number of carbonyl (C=O) groups excluding carboxylic acids is 1. The van der Waals surface area contributed by atoms with E-state index in [-0.39, 0.29) is 23.7 Å². The highest BCUT2D eigenvalue weighted by Gasteiger charge is 2.36. The summed E-state index contributed by atoms with van der Waals surface area (Å²) in [4.78, 5) is 12.2. The maximum atomic E-state index is 12.2. The molecule has 1 atom stereocenters. The number of amides is 1. The molecule has 1 aliphatic rings. The van der Waals surface area contributed by atoms with Crippen LogP contribution in [0.4, 0.5) is 5.69 Å².